The molecule has 76 valence electrons. The van der Waals surface area contributed by atoms with Gasteiger partial charge in [0.15, 0.2) is 0 Å². The summed E-state index contributed by atoms with van der Waals surface area (Å²) in [6.45, 7) is 6.43. The van der Waals surface area contributed by atoms with Gasteiger partial charge in [-0.05, 0) is 39.5 Å². The predicted molar refractivity (Wildman–Crippen MR) is 60.1 cm³/mol. The highest BCUT2D eigenvalue weighted by molar-refractivity contribution is 9.10. The van der Waals surface area contributed by atoms with Crippen LogP contribution in [-0.2, 0) is 0 Å². The zero-order chi connectivity index (χ0) is 10.3. The highest BCUT2D eigenvalue weighted by Crippen LogP contribution is 2.37. The van der Waals surface area contributed by atoms with Crippen molar-refractivity contribution in [3.8, 4) is 0 Å². The Bertz CT molecular complexity index is 354. The topological polar surface area (TPSA) is 3.24 Å². The molecule has 0 unspecified atom stereocenters. The van der Waals surface area contributed by atoms with Crippen LogP contribution in [0, 0.1) is 11.2 Å². The average Bonchev–Trinajstić information content (AvgIpc) is 2.05. The second kappa shape index (κ2) is 3.23. The first-order valence-electron chi connectivity index (χ1n) is 4.68. The van der Waals surface area contributed by atoms with Gasteiger partial charge in [0, 0.05) is 17.6 Å². The standard InChI is InChI=1S/C11H13BrFN/c1-11(2)6-14(7-11)10-5-8(13)3-4-9(10)12/h3-5H,6-7H2,1-2H3. The Labute approximate surface area is 92.0 Å². The zero-order valence-electron chi connectivity index (χ0n) is 8.35. The van der Waals surface area contributed by atoms with Crippen LogP contribution in [0.1, 0.15) is 13.8 Å². The molecule has 1 aromatic rings. The molecule has 1 aromatic carbocycles. The van der Waals surface area contributed by atoms with E-state index in [1.807, 2.05) is 0 Å². The lowest BCUT2D eigenvalue weighted by Crippen LogP contribution is -2.53. The number of benzene rings is 1. The highest BCUT2D eigenvalue weighted by Gasteiger charge is 2.34. The van der Waals surface area contributed by atoms with Crippen LogP contribution < -0.4 is 4.90 Å². The Morgan fingerprint density at radius 3 is 2.57 bits per heavy atom. The van der Waals surface area contributed by atoms with E-state index in [0.717, 1.165) is 23.2 Å². The van der Waals surface area contributed by atoms with Crippen LogP contribution in [0.5, 0.6) is 0 Å². The maximum Gasteiger partial charge on any atom is 0.125 e. The van der Waals surface area contributed by atoms with Gasteiger partial charge in [0.05, 0.1) is 5.69 Å². The fraction of sp³-hybridized carbons (Fsp3) is 0.455. The van der Waals surface area contributed by atoms with Crippen LogP contribution in [-0.4, -0.2) is 13.1 Å². The molecule has 1 saturated heterocycles. The van der Waals surface area contributed by atoms with E-state index in [0.29, 0.717) is 5.41 Å². The molecule has 1 aliphatic heterocycles. The Morgan fingerprint density at radius 1 is 1.36 bits per heavy atom. The van der Waals surface area contributed by atoms with Crippen molar-refractivity contribution in [1.29, 1.82) is 0 Å². The third kappa shape index (κ3) is 1.78. The normalized spacial score (nSPS) is 19.3. The molecule has 1 aliphatic rings. The number of halogens is 2. The minimum atomic E-state index is -0.173. The molecule has 0 spiro atoms. The van der Waals surface area contributed by atoms with Crippen LogP contribution in [0.4, 0.5) is 10.1 Å². The van der Waals surface area contributed by atoms with E-state index >= 15 is 0 Å². The van der Waals surface area contributed by atoms with Gasteiger partial charge in [0.2, 0.25) is 0 Å². The van der Waals surface area contributed by atoms with E-state index in [-0.39, 0.29) is 5.82 Å². The van der Waals surface area contributed by atoms with Crippen molar-refractivity contribution in [1.82, 2.24) is 0 Å². The van der Waals surface area contributed by atoms with Gasteiger partial charge in [-0.3, -0.25) is 0 Å². The fourth-order valence-electron chi connectivity index (χ4n) is 1.89. The average molecular weight is 258 g/mol. The molecule has 2 rings (SSSR count). The van der Waals surface area contributed by atoms with Crippen molar-refractivity contribution in [2.24, 2.45) is 5.41 Å². The van der Waals surface area contributed by atoms with Crippen LogP contribution in [0.25, 0.3) is 0 Å². The third-order valence-corrected chi connectivity index (χ3v) is 3.16. The molecule has 3 heteroatoms. The summed E-state index contributed by atoms with van der Waals surface area (Å²) in [5.74, 6) is -0.173. The predicted octanol–water partition coefficient (Wildman–Crippen LogP) is 3.43. The summed E-state index contributed by atoms with van der Waals surface area (Å²) in [7, 11) is 0. The van der Waals surface area contributed by atoms with Crippen molar-refractivity contribution in [2.75, 3.05) is 18.0 Å². The number of hydrogen-bond donors (Lipinski definition) is 0. The lowest BCUT2D eigenvalue weighted by atomic mass is 9.84. The van der Waals surface area contributed by atoms with Crippen molar-refractivity contribution in [3.63, 3.8) is 0 Å². The summed E-state index contributed by atoms with van der Waals surface area (Å²) in [6.07, 6.45) is 0. The highest BCUT2D eigenvalue weighted by atomic mass is 79.9. The Balaban J connectivity index is 2.22. The molecule has 1 nitrogen and oxygen atoms in total. The largest absolute Gasteiger partial charge is 0.369 e. The summed E-state index contributed by atoms with van der Waals surface area (Å²) >= 11 is 3.43. The van der Waals surface area contributed by atoms with Gasteiger partial charge in [-0.1, -0.05) is 13.8 Å². The summed E-state index contributed by atoms with van der Waals surface area (Å²) in [5, 5.41) is 0. The van der Waals surface area contributed by atoms with Gasteiger partial charge in [-0.2, -0.15) is 0 Å². The summed E-state index contributed by atoms with van der Waals surface area (Å²) in [6, 6.07) is 4.81. The van der Waals surface area contributed by atoms with E-state index in [4.69, 9.17) is 0 Å². The third-order valence-electron chi connectivity index (χ3n) is 2.49. The summed E-state index contributed by atoms with van der Waals surface area (Å²) < 4.78 is 14.0. The van der Waals surface area contributed by atoms with E-state index in [1.54, 1.807) is 12.1 Å². The lowest BCUT2D eigenvalue weighted by molar-refractivity contribution is 0.276. The van der Waals surface area contributed by atoms with Crippen LogP contribution >= 0.6 is 15.9 Å². The lowest BCUT2D eigenvalue weighted by Gasteiger charge is -2.47. The van der Waals surface area contributed by atoms with Crippen LogP contribution in [0.2, 0.25) is 0 Å². The first kappa shape index (κ1) is 9.97. The van der Waals surface area contributed by atoms with Gasteiger partial charge in [0.25, 0.3) is 0 Å². The van der Waals surface area contributed by atoms with Crippen LogP contribution in [0.15, 0.2) is 22.7 Å². The molecule has 0 saturated carbocycles. The Hall–Kier alpha value is -0.570. The van der Waals surface area contributed by atoms with Gasteiger partial charge < -0.3 is 4.90 Å². The molecule has 0 aromatic heterocycles. The Morgan fingerprint density at radius 2 is 2.00 bits per heavy atom. The molecule has 1 heterocycles. The number of anilines is 1. The maximum atomic E-state index is 13.0. The molecule has 0 amide bonds. The molecular weight excluding hydrogens is 245 g/mol. The van der Waals surface area contributed by atoms with Crippen LogP contribution in [0.3, 0.4) is 0 Å². The number of rotatable bonds is 1. The van der Waals surface area contributed by atoms with Gasteiger partial charge in [-0.15, -0.1) is 0 Å². The SMILES string of the molecule is CC1(C)CN(c2cc(F)ccc2Br)C1. The van der Waals surface area contributed by atoms with Gasteiger partial charge in [0.1, 0.15) is 5.82 Å². The van der Waals surface area contributed by atoms with Crippen molar-refractivity contribution in [3.05, 3.63) is 28.5 Å². The maximum absolute atomic E-state index is 13.0. The molecule has 0 atom stereocenters. The van der Waals surface area contributed by atoms with E-state index < -0.39 is 0 Å². The first-order chi connectivity index (χ1) is 6.48. The van der Waals surface area contributed by atoms with Crippen molar-refractivity contribution in [2.45, 2.75) is 13.8 Å². The molecule has 0 radical (unpaired) electrons. The molecular formula is C11H13BrFN. The Kier molecular flexibility index (Phi) is 2.30. The van der Waals surface area contributed by atoms with E-state index in [9.17, 15) is 4.39 Å². The molecule has 14 heavy (non-hydrogen) atoms. The quantitative estimate of drug-likeness (QED) is 0.745. The van der Waals surface area contributed by atoms with Crippen molar-refractivity contribution < 1.29 is 4.39 Å². The fourth-order valence-corrected chi connectivity index (χ4v) is 2.38. The molecule has 0 aliphatic carbocycles. The van der Waals surface area contributed by atoms with Crippen molar-refractivity contribution >= 4 is 21.6 Å². The minimum Gasteiger partial charge on any atom is -0.369 e. The van der Waals surface area contributed by atoms with Gasteiger partial charge >= 0.3 is 0 Å². The number of nitrogens with zero attached hydrogens (tertiary/aromatic N) is 1. The molecule has 0 N–H and O–H groups in total. The summed E-state index contributed by atoms with van der Waals surface area (Å²) in [4.78, 5) is 2.19. The molecule has 1 fully saturated rings. The first-order valence-corrected chi connectivity index (χ1v) is 5.47. The molecule has 0 bridgehead atoms. The summed E-state index contributed by atoms with van der Waals surface area (Å²) in [5.41, 5.74) is 1.33. The van der Waals surface area contributed by atoms with E-state index in [1.165, 1.54) is 6.07 Å². The monoisotopic (exact) mass is 257 g/mol. The van der Waals surface area contributed by atoms with Gasteiger partial charge in [-0.25, -0.2) is 4.39 Å². The second-order valence-electron chi connectivity index (χ2n) is 4.62. The smallest absolute Gasteiger partial charge is 0.125 e. The second-order valence-corrected chi connectivity index (χ2v) is 5.47. The zero-order valence-corrected chi connectivity index (χ0v) is 9.94. The minimum absolute atomic E-state index is 0.173. The number of hydrogen-bond acceptors (Lipinski definition) is 1. The van der Waals surface area contributed by atoms with E-state index in [2.05, 4.69) is 34.7 Å².